The van der Waals surface area contributed by atoms with Crippen molar-refractivity contribution >= 4 is 17.5 Å². The number of nitrogens with one attached hydrogen (secondary N) is 1. The normalized spacial score (nSPS) is 13.9. The molecule has 6 nitrogen and oxygen atoms in total. The number of carbonyl (C=O) groups excluding carboxylic acids is 2. The number of likely N-dealkylation sites (tertiary alicyclic amines) is 1. The number of aryl methyl sites for hydroxylation is 1. The van der Waals surface area contributed by atoms with Crippen LogP contribution in [-0.4, -0.2) is 43.0 Å². The summed E-state index contributed by atoms with van der Waals surface area (Å²) in [4.78, 5) is 27.7. The van der Waals surface area contributed by atoms with Crippen molar-refractivity contribution in [3.8, 4) is 11.5 Å². The van der Waals surface area contributed by atoms with Gasteiger partial charge in [-0.3, -0.25) is 9.59 Å². The Hall–Kier alpha value is -3.02. The average molecular weight is 439 g/mol. The molecule has 32 heavy (non-hydrogen) atoms. The summed E-state index contributed by atoms with van der Waals surface area (Å²) in [6, 6.07) is 13.1. The van der Waals surface area contributed by atoms with Gasteiger partial charge in [-0.2, -0.15) is 0 Å². The summed E-state index contributed by atoms with van der Waals surface area (Å²) in [6.07, 6.45) is 5.28. The Labute approximate surface area is 190 Å². The van der Waals surface area contributed by atoms with Gasteiger partial charge in [0.15, 0.2) is 11.5 Å². The molecule has 172 valence electrons. The number of anilines is 1. The molecule has 1 aliphatic heterocycles. The first-order valence-corrected chi connectivity index (χ1v) is 11.7. The standard InChI is InChI=1S/C26H34N2O4/c1-3-31-23-15-13-20(19-24(23)32-4-2)14-16-25(29)27-22-12-8-7-11-21(22)26(30)28-17-9-5-6-10-18-28/h7-8,11-13,15,19H,3-6,9-10,14,16-18H2,1-2H3,(H,27,29). The lowest BCUT2D eigenvalue weighted by Crippen LogP contribution is -2.32. The molecule has 0 bridgehead atoms. The van der Waals surface area contributed by atoms with Crippen LogP contribution in [0.1, 0.15) is 61.9 Å². The van der Waals surface area contributed by atoms with Crippen molar-refractivity contribution in [2.24, 2.45) is 0 Å². The topological polar surface area (TPSA) is 67.9 Å². The molecular formula is C26H34N2O4. The molecule has 1 fully saturated rings. The molecule has 1 heterocycles. The van der Waals surface area contributed by atoms with E-state index in [1.54, 1.807) is 12.1 Å². The summed E-state index contributed by atoms with van der Waals surface area (Å²) in [7, 11) is 0. The fourth-order valence-corrected chi connectivity index (χ4v) is 3.94. The van der Waals surface area contributed by atoms with Gasteiger partial charge in [0.1, 0.15) is 0 Å². The Balaban J connectivity index is 1.63. The molecule has 2 amide bonds. The fourth-order valence-electron chi connectivity index (χ4n) is 3.94. The Kier molecular flexibility index (Phi) is 8.96. The maximum atomic E-state index is 13.1. The number of nitrogens with zero attached hydrogens (tertiary/aromatic N) is 1. The zero-order chi connectivity index (χ0) is 22.8. The molecule has 6 heteroatoms. The highest BCUT2D eigenvalue weighted by molar-refractivity contribution is 6.03. The third-order valence-corrected chi connectivity index (χ3v) is 5.57. The molecule has 0 aromatic heterocycles. The van der Waals surface area contributed by atoms with Gasteiger partial charge in [0, 0.05) is 19.5 Å². The molecule has 1 aliphatic rings. The predicted octanol–water partition coefficient (Wildman–Crippen LogP) is 5.07. The highest BCUT2D eigenvalue weighted by atomic mass is 16.5. The summed E-state index contributed by atoms with van der Waals surface area (Å²) in [5, 5.41) is 2.95. The van der Waals surface area contributed by atoms with E-state index in [1.165, 1.54) is 12.8 Å². The molecule has 1 saturated heterocycles. The maximum Gasteiger partial charge on any atom is 0.255 e. The molecule has 0 unspecified atom stereocenters. The van der Waals surface area contributed by atoms with Crippen LogP contribution in [0.4, 0.5) is 5.69 Å². The lowest BCUT2D eigenvalue weighted by molar-refractivity contribution is -0.116. The molecular weight excluding hydrogens is 404 g/mol. The van der Waals surface area contributed by atoms with Crippen molar-refractivity contribution in [2.75, 3.05) is 31.6 Å². The van der Waals surface area contributed by atoms with Gasteiger partial charge >= 0.3 is 0 Å². The van der Waals surface area contributed by atoms with Crippen molar-refractivity contribution in [3.05, 3.63) is 53.6 Å². The van der Waals surface area contributed by atoms with E-state index in [4.69, 9.17) is 9.47 Å². The van der Waals surface area contributed by atoms with Crippen LogP contribution < -0.4 is 14.8 Å². The van der Waals surface area contributed by atoms with Crippen molar-refractivity contribution < 1.29 is 19.1 Å². The van der Waals surface area contributed by atoms with Crippen molar-refractivity contribution in [3.63, 3.8) is 0 Å². The number of hydrogen-bond acceptors (Lipinski definition) is 4. The molecule has 0 aliphatic carbocycles. The monoisotopic (exact) mass is 438 g/mol. The minimum atomic E-state index is -0.118. The van der Waals surface area contributed by atoms with E-state index < -0.39 is 0 Å². The predicted molar refractivity (Wildman–Crippen MR) is 127 cm³/mol. The Bertz CT molecular complexity index is 904. The van der Waals surface area contributed by atoms with Crippen LogP contribution in [0.2, 0.25) is 0 Å². The lowest BCUT2D eigenvalue weighted by atomic mass is 10.1. The summed E-state index contributed by atoms with van der Waals surface area (Å²) in [5.41, 5.74) is 2.14. The first-order valence-electron chi connectivity index (χ1n) is 11.7. The number of hydrogen-bond donors (Lipinski definition) is 1. The van der Waals surface area contributed by atoms with Gasteiger partial charge in [-0.05, 0) is 62.9 Å². The quantitative estimate of drug-likeness (QED) is 0.593. The highest BCUT2D eigenvalue weighted by Gasteiger charge is 2.20. The number of amides is 2. The molecule has 3 rings (SSSR count). The second-order valence-corrected chi connectivity index (χ2v) is 7.95. The summed E-state index contributed by atoms with van der Waals surface area (Å²) >= 11 is 0. The number of rotatable bonds is 9. The Morgan fingerprint density at radius 2 is 1.59 bits per heavy atom. The van der Waals surface area contributed by atoms with E-state index in [-0.39, 0.29) is 11.8 Å². The van der Waals surface area contributed by atoms with Gasteiger partial charge in [-0.1, -0.05) is 31.0 Å². The van der Waals surface area contributed by atoms with E-state index in [1.807, 2.05) is 49.1 Å². The molecule has 2 aromatic carbocycles. The molecule has 0 radical (unpaired) electrons. The minimum absolute atomic E-state index is 0.00401. The van der Waals surface area contributed by atoms with Gasteiger partial charge in [-0.15, -0.1) is 0 Å². The minimum Gasteiger partial charge on any atom is -0.490 e. The van der Waals surface area contributed by atoms with Crippen LogP contribution in [0.25, 0.3) is 0 Å². The third-order valence-electron chi connectivity index (χ3n) is 5.57. The van der Waals surface area contributed by atoms with Crippen molar-refractivity contribution in [1.29, 1.82) is 0 Å². The highest BCUT2D eigenvalue weighted by Crippen LogP contribution is 2.29. The number of para-hydroxylation sites is 1. The second kappa shape index (κ2) is 12.1. The largest absolute Gasteiger partial charge is 0.490 e. The number of benzene rings is 2. The Morgan fingerprint density at radius 3 is 2.31 bits per heavy atom. The summed E-state index contributed by atoms with van der Waals surface area (Å²) < 4.78 is 11.3. The zero-order valence-corrected chi connectivity index (χ0v) is 19.2. The van der Waals surface area contributed by atoms with E-state index in [0.717, 1.165) is 31.5 Å². The van der Waals surface area contributed by atoms with Crippen molar-refractivity contribution in [2.45, 2.75) is 52.4 Å². The maximum absolute atomic E-state index is 13.1. The average Bonchev–Trinajstić information content (AvgIpc) is 3.09. The number of ether oxygens (including phenoxy) is 2. The van der Waals surface area contributed by atoms with Crippen LogP contribution in [0.3, 0.4) is 0 Å². The van der Waals surface area contributed by atoms with Crippen LogP contribution in [0.15, 0.2) is 42.5 Å². The van der Waals surface area contributed by atoms with Crippen molar-refractivity contribution in [1.82, 2.24) is 4.90 Å². The molecule has 0 saturated carbocycles. The molecule has 1 N–H and O–H groups in total. The molecule has 2 aromatic rings. The molecule has 0 spiro atoms. The summed E-state index contributed by atoms with van der Waals surface area (Å²) in [6.45, 7) is 6.54. The van der Waals surface area contributed by atoms with Crippen LogP contribution in [0, 0.1) is 0 Å². The van der Waals surface area contributed by atoms with E-state index >= 15 is 0 Å². The number of carbonyl (C=O) groups is 2. The third kappa shape index (κ3) is 6.49. The zero-order valence-electron chi connectivity index (χ0n) is 19.2. The lowest BCUT2D eigenvalue weighted by Gasteiger charge is -2.22. The smallest absolute Gasteiger partial charge is 0.255 e. The summed E-state index contributed by atoms with van der Waals surface area (Å²) in [5.74, 6) is 1.28. The van der Waals surface area contributed by atoms with Gasteiger partial charge in [0.05, 0.1) is 24.5 Å². The first kappa shape index (κ1) is 23.6. The Morgan fingerprint density at radius 1 is 0.906 bits per heavy atom. The molecule has 0 atom stereocenters. The van der Waals surface area contributed by atoms with E-state index in [2.05, 4.69) is 5.32 Å². The van der Waals surface area contributed by atoms with Crippen LogP contribution >= 0.6 is 0 Å². The van der Waals surface area contributed by atoms with Gasteiger partial charge in [0.25, 0.3) is 5.91 Å². The van der Waals surface area contributed by atoms with Crippen LogP contribution in [-0.2, 0) is 11.2 Å². The second-order valence-electron chi connectivity index (χ2n) is 7.95. The van der Waals surface area contributed by atoms with E-state index in [0.29, 0.717) is 48.8 Å². The SMILES string of the molecule is CCOc1ccc(CCC(=O)Nc2ccccc2C(=O)N2CCCCCC2)cc1OCC. The van der Waals surface area contributed by atoms with Gasteiger partial charge in [-0.25, -0.2) is 0 Å². The van der Waals surface area contributed by atoms with Gasteiger partial charge < -0.3 is 19.7 Å². The van der Waals surface area contributed by atoms with Gasteiger partial charge in [0.2, 0.25) is 5.91 Å². The fraction of sp³-hybridized carbons (Fsp3) is 0.462. The first-order chi connectivity index (χ1) is 15.6. The van der Waals surface area contributed by atoms with E-state index in [9.17, 15) is 9.59 Å². The van der Waals surface area contributed by atoms with Crippen LogP contribution in [0.5, 0.6) is 11.5 Å².